The monoisotopic (exact) mass is 514 g/mol. The highest BCUT2D eigenvalue weighted by Gasteiger charge is 2.18. The number of fused-ring (bicyclic) bond motifs is 2. The van der Waals surface area contributed by atoms with Crippen molar-refractivity contribution in [2.24, 2.45) is 0 Å². The first kappa shape index (κ1) is 23.5. The van der Waals surface area contributed by atoms with Crippen LogP contribution in [-0.4, -0.2) is 43.2 Å². The summed E-state index contributed by atoms with van der Waals surface area (Å²) in [6.45, 7) is 3.70. The molecule has 3 N–H and O–H groups in total. The van der Waals surface area contributed by atoms with E-state index in [1.165, 1.54) is 35.9 Å². The molecular formula is C31H30N8. The van der Waals surface area contributed by atoms with Gasteiger partial charge in [-0.3, -0.25) is 15.1 Å². The molecule has 194 valence electrons. The third kappa shape index (κ3) is 4.75. The summed E-state index contributed by atoms with van der Waals surface area (Å²) in [6, 6.07) is 18.8. The largest absolute Gasteiger partial charge is 0.370 e. The summed E-state index contributed by atoms with van der Waals surface area (Å²) >= 11 is 0. The minimum absolute atomic E-state index is 0.734. The standard InChI is InChI=1S/C31H30N8/c1-3-7-21(8-4-1)15-32-16-22-13-23(18-33-17-22)25-9-10-26-30(36-25)31(38-37-26)27-14-24-28(35-27)19-34-20-29(24)39-11-5-2-6-12-39/h1,3-4,7-10,13-14,17-20,32,35H,2,5-6,11-12,15-16H2,(H,37,38). The van der Waals surface area contributed by atoms with Gasteiger partial charge in [-0.15, -0.1) is 0 Å². The number of anilines is 1. The normalized spacial score (nSPS) is 13.9. The molecule has 0 amide bonds. The van der Waals surface area contributed by atoms with E-state index in [1.807, 2.05) is 43.0 Å². The molecule has 1 fully saturated rings. The highest BCUT2D eigenvalue weighted by atomic mass is 15.1. The Morgan fingerprint density at radius 2 is 1.64 bits per heavy atom. The molecule has 6 heterocycles. The minimum Gasteiger partial charge on any atom is -0.370 e. The molecule has 7 rings (SSSR count). The zero-order chi connectivity index (χ0) is 26.0. The molecule has 0 bridgehead atoms. The lowest BCUT2D eigenvalue weighted by atomic mass is 10.1. The Labute approximate surface area is 226 Å². The summed E-state index contributed by atoms with van der Waals surface area (Å²) in [7, 11) is 0. The van der Waals surface area contributed by atoms with Crippen LogP contribution >= 0.6 is 0 Å². The van der Waals surface area contributed by atoms with Crippen LogP contribution in [0, 0.1) is 0 Å². The SMILES string of the molecule is c1ccc(CNCc2cncc(-c3ccc4[nH]nc(-c5cc6c(N7CCCCC7)cncc6[nH]5)c4n3)c2)cc1. The highest BCUT2D eigenvalue weighted by Crippen LogP contribution is 2.34. The first-order valence-corrected chi connectivity index (χ1v) is 13.6. The summed E-state index contributed by atoms with van der Waals surface area (Å²) < 4.78 is 0. The van der Waals surface area contributed by atoms with Crippen molar-refractivity contribution >= 4 is 27.6 Å². The Bertz CT molecular complexity index is 1730. The summed E-state index contributed by atoms with van der Waals surface area (Å²) in [4.78, 5) is 20.0. The maximum absolute atomic E-state index is 5.03. The van der Waals surface area contributed by atoms with Crippen LogP contribution in [0.5, 0.6) is 0 Å². The van der Waals surface area contributed by atoms with Crippen molar-refractivity contribution in [1.82, 2.24) is 35.5 Å². The average molecular weight is 515 g/mol. The average Bonchev–Trinajstić information content (AvgIpc) is 3.62. The number of piperidine rings is 1. The van der Waals surface area contributed by atoms with Gasteiger partial charge in [0.15, 0.2) is 0 Å². The van der Waals surface area contributed by atoms with E-state index in [0.717, 1.165) is 70.9 Å². The number of nitrogens with zero attached hydrogens (tertiary/aromatic N) is 5. The summed E-state index contributed by atoms with van der Waals surface area (Å²) in [6.07, 6.45) is 11.4. The molecule has 1 aliphatic rings. The first-order chi connectivity index (χ1) is 19.3. The van der Waals surface area contributed by atoms with Crippen molar-refractivity contribution in [1.29, 1.82) is 0 Å². The van der Waals surface area contributed by atoms with E-state index in [-0.39, 0.29) is 0 Å². The Hall–Kier alpha value is -4.56. The molecular weight excluding hydrogens is 484 g/mol. The summed E-state index contributed by atoms with van der Waals surface area (Å²) in [5.41, 5.74) is 9.90. The number of H-pyrrole nitrogens is 2. The molecule has 6 aromatic rings. The van der Waals surface area contributed by atoms with Gasteiger partial charge in [-0.2, -0.15) is 5.10 Å². The molecule has 1 aromatic carbocycles. The maximum Gasteiger partial charge on any atom is 0.135 e. The van der Waals surface area contributed by atoms with Gasteiger partial charge in [0.05, 0.1) is 40.5 Å². The van der Waals surface area contributed by atoms with Crippen LogP contribution in [0.4, 0.5) is 5.69 Å². The second-order valence-corrected chi connectivity index (χ2v) is 10.2. The van der Waals surface area contributed by atoms with Gasteiger partial charge in [0.1, 0.15) is 11.2 Å². The van der Waals surface area contributed by atoms with E-state index in [1.54, 1.807) is 0 Å². The second-order valence-electron chi connectivity index (χ2n) is 10.2. The molecule has 0 unspecified atom stereocenters. The number of nitrogens with one attached hydrogen (secondary N) is 3. The molecule has 0 aliphatic carbocycles. The lowest BCUT2D eigenvalue weighted by Crippen LogP contribution is -2.29. The molecule has 1 saturated heterocycles. The van der Waals surface area contributed by atoms with Gasteiger partial charge in [0, 0.05) is 49.5 Å². The van der Waals surface area contributed by atoms with Crippen LogP contribution in [0.15, 0.2) is 79.4 Å². The third-order valence-corrected chi connectivity index (χ3v) is 7.48. The van der Waals surface area contributed by atoms with Crippen LogP contribution in [0.1, 0.15) is 30.4 Å². The molecule has 0 atom stereocenters. The van der Waals surface area contributed by atoms with Gasteiger partial charge in [0.25, 0.3) is 0 Å². The van der Waals surface area contributed by atoms with Crippen LogP contribution in [0.2, 0.25) is 0 Å². The van der Waals surface area contributed by atoms with E-state index in [9.17, 15) is 0 Å². The van der Waals surface area contributed by atoms with Gasteiger partial charge < -0.3 is 15.2 Å². The van der Waals surface area contributed by atoms with Crippen molar-refractivity contribution in [3.63, 3.8) is 0 Å². The van der Waals surface area contributed by atoms with E-state index < -0.39 is 0 Å². The fourth-order valence-corrected chi connectivity index (χ4v) is 5.47. The molecule has 39 heavy (non-hydrogen) atoms. The zero-order valence-electron chi connectivity index (χ0n) is 21.7. The van der Waals surface area contributed by atoms with Gasteiger partial charge in [0.2, 0.25) is 0 Å². The maximum atomic E-state index is 5.03. The van der Waals surface area contributed by atoms with Gasteiger partial charge in [-0.05, 0) is 54.7 Å². The fraction of sp³-hybridized carbons (Fsp3) is 0.226. The van der Waals surface area contributed by atoms with Crippen molar-refractivity contribution in [2.75, 3.05) is 18.0 Å². The number of hydrogen-bond acceptors (Lipinski definition) is 6. The van der Waals surface area contributed by atoms with Crippen molar-refractivity contribution in [2.45, 2.75) is 32.4 Å². The molecule has 0 radical (unpaired) electrons. The first-order valence-electron chi connectivity index (χ1n) is 13.6. The lowest BCUT2D eigenvalue weighted by Gasteiger charge is -2.28. The summed E-state index contributed by atoms with van der Waals surface area (Å²) in [5.74, 6) is 0. The van der Waals surface area contributed by atoms with Crippen molar-refractivity contribution < 1.29 is 0 Å². The van der Waals surface area contributed by atoms with E-state index >= 15 is 0 Å². The molecule has 8 heteroatoms. The minimum atomic E-state index is 0.734. The molecule has 8 nitrogen and oxygen atoms in total. The van der Waals surface area contributed by atoms with Crippen LogP contribution in [0.3, 0.4) is 0 Å². The molecule has 1 aliphatic heterocycles. The van der Waals surface area contributed by atoms with Crippen LogP contribution in [-0.2, 0) is 13.1 Å². The molecule has 0 saturated carbocycles. The molecule has 0 spiro atoms. The number of aromatic amines is 2. The number of benzene rings is 1. The predicted molar refractivity (Wildman–Crippen MR) is 155 cm³/mol. The highest BCUT2D eigenvalue weighted by molar-refractivity contribution is 5.98. The van der Waals surface area contributed by atoms with E-state index in [4.69, 9.17) is 4.98 Å². The quantitative estimate of drug-likeness (QED) is 0.247. The van der Waals surface area contributed by atoms with Gasteiger partial charge in [-0.1, -0.05) is 30.3 Å². The van der Waals surface area contributed by atoms with E-state index in [2.05, 4.69) is 71.8 Å². The third-order valence-electron chi connectivity index (χ3n) is 7.48. The Balaban J connectivity index is 1.18. The Morgan fingerprint density at radius 1 is 0.795 bits per heavy atom. The lowest BCUT2D eigenvalue weighted by molar-refractivity contribution is 0.578. The fourth-order valence-electron chi connectivity index (χ4n) is 5.47. The van der Waals surface area contributed by atoms with Gasteiger partial charge >= 0.3 is 0 Å². The van der Waals surface area contributed by atoms with Crippen LogP contribution < -0.4 is 10.2 Å². The Kier molecular flexibility index (Phi) is 6.22. The van der Waals surface area contributed by atoms with E-state index in [0.29, 0.717) is 0 Å². The zero-order valence-corrected chi connectivity index (χ0v) is 21.7. The number of hydrogen-bond donors (Lipinski definition) is 3. The smallest absolute Gasteiger partial charge is 0.135 e. The number of aromatic nitrogens is 6. The van der Waals surface area contributed by atoms with Gasteiger partial charge in [-0.25, -0.2) is 4.98 Å². The number of pyridine rings is 3. The topological polar surface area (TPSA) is 98.4 Å². The summed E-state index contributed by atoms with van der Waals surface area (Å²) in [5, 5.41) is 12.5. The molecule has 5 aromatic heterocycles. The Morgan fingerprint density at radius 3 is 2.54 bits per heavy atom. The van der Waals surface area contributed by atoms with Crippen molar-refractivity contribution in [3.8, 4) is 22.6 Å². The number of rotatable bonds is 7. The van der Waals surface area contributed by atoms with Crippen molar-refractivity contribution in [3.05, 3.63) is 90.5 Å². The van der Waals surface area contributed by atoms with Crippen LogP contribution in [0.25, 0.3) is 44.6 Å². The second kappa shape index (κ2) is 10.3. The predicted octanol–water partition coefficient (Wildman–Crippen LogP) is 5.84.